The first-order valence-corrected chi connectivity index (χ1v) is 7.17. The number of benzene rings is 1. The van der Waals surface area contributed by atoms with E-state index in [2.05, 4.69) is 68.9 Å². The fourth-order valence-electron chi connectivity index (χ4n) is 3.44. The molecule has 2 aromatic rings. The van der Waals surface area contributed by atoms with Crippen molar-refractivity contribution in [1.29, 1.82) is 0 Å². The third-order valence-electron chi connectivity index (χ3n) is 4.53. The molecule has 0 radical (unpaired) electrons. The molecule has 0 spiro atoms. The van der Waals surface area contributed by atoms with Crippen LogP contribution in [0.2, 0.25) is 0 Å². The van der Waals surface area contributed by atoms with Crippen LogP contribution >= 0.6 is 0 Å². The maximum atomic E-state index is 2.41. The number of hydrogen-bond acceptors (Lipinski definition) is 0. The molecule has 1 heteroatoms. The third kappa shape index (κ3) is 1.98. The second-order valence-corrected chi connectivity index (χ2v) is 6.03. The van der Waals surface area contributed by atoms with E-state index in [1.54, 1.807) is 5.56 Å². The van der Waals surface area contributed by atoms with Gasteiger partial charge in [0.15, 0.2) is 6.20 Å². The van der Waals surface area contributed by atoms with E-state index in [1.165, 1.54) is 28.8 Å². The molecule has 1 aromatic carbocycles. The van der Waals surface area contributed by atoms with Crippen molar-refractivity contribution in [3.8, 4) is 11.3 Å². The summed E-state index contributed by atoms with van der Waals surface area (Å²) in [5.41, 5.74) is 7.10. The van der Waals surface area contributed by atoms with E-state index in [0.717, 1.165) is 0 Å². The van der Waals surface area contributed by atoms with Gasteiger partial charge in [0.1, 0.15) is 7.05 Å². The van der Waals surface area contributed by atoms with Gasteiger partial charge in [0.2, 0.25) is 5.69 Å². The summed E-state index contributed by atoms with van der Waals surface area (Å²) in [4.78, 5) is 0. The first kappa shape index (κ1) is 12.4. The largest absolute Gasteiger partial charge is 0.212 e. The van der Waals surface area contributed by atoms with Crippen molar-refractivity contribution in [2.45, 2.75) is 39.0 Å². The fraction of sp³-hybridized carbons (Fsp3) is 0.389. The Kier molecular flexibility index (Phi) is 2.93. The van der Waals surface area contributed by atoms with Crippen LogP contribution in [0, 0.1) is 6.92 Å². The third-order valence-corrected chi connectivity index (χ3v) is 4.53. The summed E-state index contributed by atoms with van der Waals surface area (Å²) in [5.74, 6) is 1.39. The number of pyridine rings is 1. The number of aromatic nitrogens is 1. The van der Waals surface area contributed by atoms with Crippen molar-refractivity contribution in [3.63, 3.8) is 0 Å². The van der Waals surface area contributed by atoms with Crippen molar-refractivity contribution >= 4 is 0 Å². The molecule has 2 atom stereocenters. The van der Waals surface area contributed by atoms with Gasteiger partial charge < -0.3 is 0 Å². The maximum absolute atomic E-state index is 2.41. The predicted octanol–water partition coefficient (Wildman–Crippen LogP) is 4.10. The van der Waals surface area contributed by atoms with Crippen LogP contribution < -0.4 is 4.57 Å². The standard InChI is InChI=1S/C18H22N/c1-12-7-5-6-8-15(12)18-10-16-13(2)9-14(3)17(16)11-19(18)4/h5-8,10-11,13-14H,9H2,1-4H3/q+1. The molecule has 2 unspecified atom stereocenters. The normalized spacial score (nSPS) is 21.5. The summed E-state index contributed by atoms with van der Waals surface area (Å²) in [6.45, 7) is 6.88. The average molecular weight is 252 g/mol. The lowest BCUT2D eigenvalue weighted by Crippen LogP contribution is -2.32. The number of aryl methyl sites for hydroxylation is 2. The minimum Gasteiger partial charge on any atom is -0.201 e. The lowest BCUT2D eigenvalue weighted by Gasteiger charge is -2.09. The highest BCUT2D eigenvalue weighted by Crippen LogP contribution is 2.41. The SMILES string of the molecule is Cc1ccccc1-c1cc2c(c[n+]1C)C(C)CC2C. The summed E-state index contributed by atoms with van der Waals surface area (Å²) in [5, 5.41) is 0. The van der Waals surface area contributed by atoms with Crippen LogP contribution in [0.25, 0.3) is 11.3 Å². The van der Waals surface area contributed by atoms with Crippen LogP contribution in [-0.2, 0) is 7.05 Å². The zero-order valence-electron chi connectivity index (χ0n) is 12.3. The van der Waals surface area contributed by atoms with Crippen LogP contribution in [0.15, 0.2) is 36.5 Å². The number of fused-ring (bicyclic) bond motifs is 1. The van der Waals surface area contributed by atoms with Crippen LogP contribution in [-0.4, -0.2) is 0 Å². The Bertz CT molecular complexity index is 628. The van der Waals surface area contributed by atoms with Gasteiger partial charge in [0.25, 0.3) is 0 Å². The van der Waals surface area contributed by atoms with Gasteiger partial charge in [0, 0.05) is 17.2 Å². The molecule has 0 aliphatic heterocycles. The van der Waals surface area contributed by atoms with Gasteiger partial charge in [-0.15, -0.1) is 0 Å². The van der Waals surface area contributed by atoms with E-state index in [0.29, 0.717) is 11.8 Å². The number of nitrogens with zero attached hydrogens (tertiary/aromatic N) is 1. The molecule has 0 bridgehead atoms. The smallest absolute Gasteiger partial charge is 0.201 e. The predicted molar refractivity (Wildman–Crippen MR) is 79.2 cm³/mol. The van der Waals surface area contributed by atoms with Crippen LogP contribution in [0.4, 0.5) is 0 Å². The fourth-order valence-corrected chi connectivity index (χ4v) is 3.44. The average Bonchev–Trinajstić information content (AvgIpc) is 2.65. The zero-order chi connectivity index (χ0) is 13.6. The van der Waals surface area contributed by atoms with Crippen molar-refractivity contribution < 1.29 is 4.57 Å². The van der Waals surface area contributed by atoms with E-state index in [1.807, 2.05) is 0 Å². The quantitative estimate of drug-likeness (QED) is 0.673. The summed E-state index contributed by atoms with van der Waals surface area (Å²) >= 11 is 0. The molecule has 0 amide bonds. The van der Waals surface area contributed by atoms with Crippen LogP contribution in [0.1, 0.15) is 48.8 Å². The molecular formula is C18H22N+. The van der Waals surface area contributed by atoms with Gasteiger partial charge in [-0.3, -0.25) is 0 Å². The van der Waals surface area contributed by atoms with E-state index in [-0.39, 0.29) is 0 Å². The highest BCUT2D eigenvalue weighted by molar-refractivity contribution is 5.62. The lowest BCUT2D eigenvalue weighted by molar-refractivity contribution is -0.660. The topological polar surface area (TPSA) is 3.88 Å². The first-order valence-electron chi connectivity index (χ1n) is 7.17. The Balaban J connectivity index is 2.20. The molecule has 1 aliphatic rings. The van der Waals surface area contributed by atoms with Crippen molar-refractivity contribution in [1.82, 2.24) is 0 Å². The van der Waals surface area contributed by atoms with E-state index < -0.39 is 0 Å². The summed E-state index contributed by atoms with van der Waals surface area (Å²) in [6.07, 6.45) is 3.62. The lowest BCUT2D eigenvalue weighted by atomic mass is 9.99. The molecule has 0 fully saturated rings. The summed E-state index contributed by atoms with van der Waals surface area (Å²) in [7, 11) is 2.16. The van der Waals surface area contributed by atoms with Crippen molar-refractivity contribution in [3.05, 3.63) is 53.2 Å². The van der Waals surface area contributed by atoms with Crippen LogP contribution in [0.5, 0.6) is 0 Å². The van der Waals surface area contributed by atoms with Gasteiger partial charge in [-0.05, 0) is 42.4 Å². The van der Waals surface area contributed by atoms with Crippen molar-refractivity contribution in [2.24, 2.45) is 7.05 Å². The Morgan fingerprint density at radius 3 is 2.47 bits per heavy atom. The molecule has 0 saturated heterocycles. The molecule has 3 rings (SSSR count). The Hall–Kier alpha value is -1.63. The Morgan fingerprint density at radius 1 is 1.05 bits per heavy atom. The maximum Gasteiger partial charge on any atom is 0.212 e. The number of rotatable bonds is 1. The van der Waals surface area contributed by atoms with Gasteiger partial charge in [-0.2, -0.15) is 0 Å². The van der Waals surface area contributed by atoms with Crippen molar-refractivity contribution in [2.75, 3.05) is 0 Å². The highest BCUT2D eigenvalue weighted by Gasteiger charge is 2.29. The second kappa shape index (κ2) is 4.48. The summed E-state index contributed by atoms with van der Waals surface area (Å²) in [6, 6.07) is 11.1. The molecule has 1 nitrogen and oxygen atoms in total. The first-order chi connectivity index (χ1) is 9.08. The molecule has 1 aromatic heterocycles. The van der Waals surface area contributed by atoms with E-state index in [4.69, 9.17) is 0 Å². The monoisotopic (exact) mass is 252 g/mol. The molecular weight excluding hydrogens is 230 g/mol. The minimum atomic E-state index is 0.689. The Labute approximate surface area is 115 Å². The van der Waals surface area contributed by atoms with E-state index >= 15 is 0 Å². The summed E-state index contributed by atoms with van der Waals surface area (Å²) < 4.78 is 2.29. The minimum absolute atomic E-state index is 0.689. The second-order valence-electron chi connectivity index (χ2n) is 6.03. The molecule has 0 N–H and O–H groups in total. The van der Waals surface area contributed by atoms with Gasteiger partial charge in [0.05, 0.1) is 0 Å². The van der Waals surface area contributed by atoms with Gasteiger partial charge >= 0.3 is 0 Å². The molecule has 19 heavy (non-hydrogen) atoms. The molecule has 98 valence electrons. The molecule has 1 heterocycles. The molecule has 0 saturated carbocycles. The highest BCUT2D eigenvalue weighted by atomic mass is 14.9. The van der Waals surface area contributed by atoms with Crippen LogP contribution in [0.3, 0.4) is 0 Å². The zero-order valence-corrected chi connectivity index (χ0v) is 12.3. The Morgan fingerprint density at radius 2 is 1.74 bits per heavy atom. The van der Waals surface area contributed by atoms with Gasteiger partial charge in [-0.1, -0.05) is 32.0 Å². The number of hydrogen-bond donors (Lipinski definition) is 0. The van der Waals surface area contributed by atoms with E-state index in [9.17, 15) is 0 Å². The molecule has 1 aliphatic carbocycles. The van der Waals surface area contributed by atoms with Gasteiger partial charge in [-0.25, -0.2) is 4.57 Å².